The first-order chi connectivity index (χ1) is 9.22. The molecule has 1 rings (SSSR count). The van der Waals surface area contributed by atoms with E-state index in [1.807, 2.05) is 12.3 Å². The van der Waals surface area contributed by atoms with Crippen LogP contribution in [0.4, 0.5) is 0 Å². The van der Waals surface area contributed by atoms with E-state index >= 15 is 0 Å². The highest BCUT2D eigenvalue weighted by Crippen LogP contribution is 2.02. The lowest BCUT2D eigenvalue weighted by molar-refractivity contribution is 0.275. The van der Waals surface area contributed by atoms with Gasteiger partial charge in [-0.25, -0.2) is 0 Å². The molecule has 0 spiro atoms. The van der Waals surface area contributed by atoms with E-state index in [2.05, 4.69) is 48.1 Å². The Kier molecular flexibility index (Phi) is 8.43. The Labute approximate surface area is 118 Å². The van der Waals surface area contributed by atoms with Crippen molar-refractivity contribution in [2.75, 3.05) is 26.2 Å². The van der Waals surface area contributed by atoms with Crippen LogP contribution in [0.3, 0.4) is 0 Å². The molecule has 0 aliphatic carbocycles. The number of nitrogens with zero attached hydrogens (tertiary/aromatic N) is 2. The molecule has 0 saturated heterocycles. The molecule has 1 heterocycles. The molecule has 1 aromatic rings. The Balaban J connectivity index is 2.12. The van der Waals surface area contributed by atoms with E-state index in [0.29, 0.717) is 0 Å². The third-order valence-electron chi connectivity index (χ3n) is 3.30. The fourth-order valence-electron chi connectivity index (χ4n) is 2.07. The quantitative estimate of drug-likeness (QED) is 0.658. The topological polar surface area (TPSA) is 28.2 Å². The zero-order chi connectivity index (χ0) is 13.9. The van der Waals surface area contributed by atoms with Gasteiger partial charge in [0, 0.05) is 25.8 Å². The molecular formula is C16H29N3. The van der Waals surface area contributed by atoms with Crippen LogP contribution in [0.1, 0.15) is 39.3 Å². The molecule has 0 aliphatic heterocycles. The summed E-state index contributed by atoms with van der Waals surface area (Å²) in [4.78, 5) is 6.81. The van der Waals surface area contributed by atoms with Gasteiger partial charge >= 0.3 is 0 Å². The predicted octanol–water partition coefficient (Wildman–Crippen LogP) is 2.93. The van der Waals surface area contributed by atoms with Crippen LogP contribution in [0, 0.1) is 5.92 Å². The fraction of sp³-hybridized carbons (Fsp3) is 0.688. The van der Waals surface area contributed by atoms with Crippen LogP contribution in [0.25, 0.3) is 0 Å². The van der Waals surface area contributed by atoms with Crippen molar-refractivity contribution in [2.45, 2.75) is 40.2 Å². The third-order valence-corrected chi connectivity index (χ3v) is 3.30. The number of rotatable bonds is 10. The minimum absolute atomic E-state index is 0.818. The van der Waals surface area contributed by atoms with Crippen LogP contribution in [-0.4, -0.2) is 36.1 Å². The first-order valence-electron chi connectivity index (χ1n) is 7.55. The largest absolute Gasteiger partial charge is 0.315 e. The molecule has 0 aromatic carbocycles. The average Bonchev–Trinajstić information content (AvgIpc) is 2.42. The maximum atomic E-state index is 4.38. The molecule has 0 saturated carbocycles. The summed E-state index contributed by atoms with van der Waals surface area (Å²) in [6.45, 7) is 12.1. The van der Waals surface area contributed by atoms with Crippen molar-refractivity contribution in [2.24, 2.45) is 5.92 Å². The van der Waals surface area contributed by atoms with Gasteiger partial charge < -0.3 is 5.32 Å². The molecule has 0 aliphatic rings. The molecule has 0 unspecified atom stereocenters. The van der Waals surface area contributed by atoms with E-state index in [4.69, 9.17) is 0 Å². The molecule has 0 radical (unpaired) electrons. The molecule has 108 valence electrons. The molecule has 0 atom stereocenters. The Morgan fingerprint density at radius 1 is 1.26 bits per heavy atom. The van der Waals surface area contributed by atoms with Crippen molar-refractivity contribution in [1.29, 1.82) is 0 Å². The van der Waals surface area contributed by atoms with Crippen molar-refractivity contribution in [3.05, 3.63) is 30.1 Å². The zero-order valence-electron chi connectivity index (χ0n) is 12.7. The number of likely N-dealkylation sites (N-methyl/N-ethyl adjacent to an activating group) is 1. The number of pyridine rings is 1. The summed E-state index contributed by atoms with van der Waals surface area (Å²) in [6.07, 6.45) is 4.47. The number of aromatic nitrogens is 1. The Bertz CT molecular complexity index is 311. The SMILES string of the molecule is CCN(CCNCCCC(C)C)Cc1ccccn1. The van der Waals surface area contributed by atoms with Crippen molar-refractivity contribution in [1.82, 2.24) is 15.2 Å². The fourth-order valence-corrected chi connectivity index (χ4v) is 2.07. The standard InChI is InChI=1S/C16H29N3/c1-4-19(14-16-9-5-6-11-18-16)13-12-17-10-7-8-15(2)3/h5-6,9,11,15,17H,4,7-8,10,12-14H2,1-3H3. The lowest BCUT2D eigenvalue weighted by Crippen LogP contribution is -2.32. The summed E-state index contributed by atoms with van der Waals surface area (Å²) in [5.41, 5.74) is 1.16. The van der Waals surface area contributed by atoms with E-state index < -0.39 is 0 Å². The van der Waals surface area contributed by atoms with Gasteiger partial charge in [0.15, 0.2) is 0 Å². The summed E-state index contributed by atoms with van der Waals surface area (Å²) in [7, 11) is 0. The summed E-state index contributed by atoms with van der Waals surface area (Å²) in [5, 5.41) is 3.53. The second-order valence-electron chi connectivity index (χ2n) is 5.48. The monoisotopic (exact) mass is 263 g/mol. The van der Waals surface area contributed by atoms with Gasteiger partial charge in [0.1, 0.15) is 0 Å². The van der Waals surface area contributed by atoms with Gasteiger partial charge in [-0.2, -0.15) is 0 Å². The van der Waals surface area contributed by atoms with E-state index in [1.54, 1.807) is 0 Å². The number of nitrogens with one attached hydrogen (secondary N) is 1. The average molecular weight is 263 g/mol. The van der Waals surface area contributed by atoms with Crippen molar-refractivity contribution in [3.8, 4) is 0 Å². The smallest absolute Gasteiger partial charge is 0.0543 e. The first kappa shape index (κ1) is 16.1. The van der Waals surface area contributed by atoms with Crippen LogP contribution in [0.2, 0.25) is 0 Å². The van der Waals surface area contributed by atoms with Gasteiger partial charge in [0.25, 0.3) is 0 Å². The summed E-state index contributed by atoms with van der Waals surface area (Å²) in [5.74, 6) is 0.818. The zero-order valence-corrected chi connectivity index (χ0v) is 12.7. The molecule has 0 amide bonds. The lowest BCUT2D eigenvalue weighted by Gasteiger charge is -2.20. The molecule has 0 fully saturated rings. The molecule has 19 heavy (non-hydrogen) atoms. The molecule has 3 nitrogen and oxygen atoms in total. The van der Waals surface area contributed by atoms with Crippen LogP contribution < -0.4 is 5.32 Å². The molecule has 0 bridgehead atoms. The van der Waals surface area contributed by atoms with E-state index in [1.165, 1.54) is 12.8 Å². The Morgan fingerprint density at radius 2 is 2.11 bits per heavy atom. The summed E-state index contributed by atoms with van der Waals surface area (Å²) >= 11 is 0. The van der Waals surface area contributed by atoms with Crippen LogP contribution in [-0.2, 0) is 6.54 Å². The highest BCUT2D eigenvalue weighted by atomic mass is 15.1. The summed E-state index contributed by atoms with van der Waals surface area (Å²) in [6, 6.07) is 6.12. The van der Waals surface area contributed by atoms with Gasteiger partial charge in [-0.3, -0.25) is 9.88 Å². The molecule has 3 heteroatoms. The maximum absolute atomic E-state index is 4.38. The molecule has 1 N–H and O–H groups in total. The van der Waals surface area contributed by atoms with Crippen molar-refractivity contribution in [3.63, 3.8) is 0 Å². The first-order valence-corrected chi connectivity index (χ1v) is 7.55. The minimum Gasteiger partial charge on any atom is -0.315 e. The normalized spacial score (nSPS) is 11.4. The maximum Gasteiger partial charge on any atom is 0.0543 e. The highest BCUT2D eigenvalue weighted by molar-refractivity contribution is 5.03. The van der Waals surface area contributed by atoms with Gasteiger partial charge in [-0.15, -0.1) is 0 Å². The van der Waals surface area contributed by atoms with E-state index in [9.17, 15) is 0 Å². The second kappa shape index (κ2) is 9.93. The minimum atomic E-state index is 0.818. The Hall–Kier alpha value is -0.930. The molecule has 1 aromatic heterocycles. The Morgan fingerprint density at radius 3 is 2.74 bits per heavy atom. The van der Waals surface area contributed by atoms with Crippen molar-refractivity contribution < 1.29 is 0 Å². The van der Waals surface area contributed by atoms with E-state index in [0.717, 1.165) is 44.3 Å². The van der Waals surface area contributed by atoms with Gasteiger partial charge in [0.2, 0.25) is 0 Å². The number of hydrogen-bond acceptors (Lipinski definition) is 3. The predicted molar refractivity (Wildman–Crippen MR) is 82.1 cm³/mol. The number of hydrogen-bond donors (Lipinski definition) is 1. The van der Waals surface area contributed by atoms with Crippen LogP contribution in [0.15, 0.2) is 24.4 Å². The second-order valence-corrected chi connectivity index (χ2v) is 5.48. The summed E-state index contributed by atoms with van der Waals surface area (Å²) < 4.78 is 0. The van der Waals surface area contributed by atoms with Crippen LogP contribution in [0.5, 0.6) is 0 Å². The molecular weight excluding hydrogens is 234 g/mol. The highest BCUT2D eigenvalue weighted by Gasteiger charge is 2.03. The van der Waals surface area contributed by atoms with Gasteiger partial charge in [0.05, 0.1) is 5.69 Å². The third kappa shape index (κ3) is 7.96. The lowest BCUT2D eigenvalue weighted by atomic mass is 10.1. The van der Waals surface area contributed by atoms with Crippen molar-refractivity contribution >= 4 is 0 Å². The van der Waals surface area contributed by atoms with Gasteiger partial charge in [-0.1, -0.05) is 26.8 Å². The van der Waals surface area contributed by atoms with E-state index in [-0.39, 0.29) is 0 Å². The van der Waals surface area contributed by atoms with Crippen LogP contribution >= 0.6 is 0 Å². The van der Waals surface area contributed by atoms with Gasteiger partial charge in [-0.05, 0) is 44.0 Å².